The molecule has 3 rings (SSSR count). The summed E-state index contributed by atoms with van der Waals surface area (Å²) in [7, 11) is 4.25. The lowest BCUT2D eigenvalue weighted by molar-refractivity contribution is -0.142. The Morgan fingerprint density at radius 3 is 2.50 bits per heavy atom. The maximum absolute atomic E-state index is 13.0. The van der Waals surface area contributed by atoms with E-state index in [1.54, 1.807) is 36.4 Å². The highest BCUT2D eigenvalue weighted by Crippen LogP contribution is 2.41. The predicted octanol–water partition coefficient (Wildman–Crippen LogP) is 3.79. The first-order chi connectivity index (χ1) is 13.5. The van der Waals surface area contributed by atoms with Crippen LogP contribution in [0.2, 0.25) is 0 Å². The molecule has 2 aromatic carbocycles. The van der Waals surface area contributed by atoms with Crippen LogP contribution in [0.15, 0.2) is 50.1 Å². The van der Waals surface area contributed by atoms with Crippen LogP contribution in [-0.4, -0.2) is 33.9 Å². The Morgan fingerprint density at radius 1 is 1.07 bits per heavy atom. The molecule has 0 saturated heterocycles. The number of carbonyl (C=O) groups excluding carboxylic acids is 1. The largest absolute Gasteiger partial charge is 0.493 e. The number of methoxy groups -OCH3 is 3. The number of hydrogen-bond acceptors (Lipinski definition) is 7. The van der Waals surface area contributed by atoms with Crippen molar-refractivity contribution in [2.45, 2.75) is 0 Å². The smallest absolute Gasteiger partial charge is 0.343 e. The van der Waals surface area contributed by atoms with Crippen molar-refractivity contribution in [3.63, 3.8) is 0 Å². The zero-order valence-electron chi connectivity index (χ0n) is 15.4. The molecule has 0 aliphatic rings. The van der Waals surface area contributed by atoms with Gasteiger partial charge in [0.25, 0.3) is 0 Å². The Kier molecular flexibility index (Phi) is 5.89. The van der Waals surface area contributed by atoms with Gasteiger partial charge in [0.05, 0.1) is 31.2 Å². The second-order valence-electron chi connectivity index (χ2n) is 5.64. The SMILES string of the molecule is COC(=O)COc1c(-c2cc(Br)c(OC)c(OC)c2)oc2ccccc2c1=O. The third-order valence-corrected chi connectivity index (χ3v) is 4.60. The number of ether oxygens (including phenoxy) is 4. The average molecular weight is 449 g/mol. The molecule has 0 unspecified atom stereocenters. The van der Waals surface area contributed by atoms with Crippen LogP contribution in [0.4, 0.5) is 0 Å². The van der Waals surface area contributed by atoms with Crippen LogP contribution < -0.4 is 19.6 Å². The number of rotatable bonds is 6. The number of esters is 1. The van der Waals surface area contributed by atoms with Gasteiger partial charge in [-0.2, -0.15) is 0 Å². The number of hydrogen-bond donors (Lipinski definition) is 0. The molecule has 8 heteroatoms. The van der Waals surface area contributed by atoms with Crippen LogP contribution in [0, 0.1) is 0 Å². The Morgan fingerprint density at radius 2 is 1.82 bits per heavy atom. The van der Waals surface area contributed by atoms with E-state index in [1.165, 1.54) is 21.3 Å². The number of para-hydroxylation sites is 1. The van der Waals surface area contributed by atoms with E-state index in [0.29, 0.717) is 32.5 Å². The van der Waals surface area contributed by atoms with E-state index in [2.05, 4.69) is 20.7 Å². The van der Waals surface area contributed by atoms with Gasteiger partial charge < -0.3 is 23.4 Å². The molecule has 0 spiro atoms. The Labute approximate surface area is 168 Å². The first kappa shape index (κ1) is 19.8. The predicted molar refractivity (Wildman–Crippen MR) is 106 cm³/mol. The molecule has 3 aromatic rings. The van der Waals surface area contributed by atoms with Crippen LogP contribution in [0.25, 0.3) is 22.3 Å². The summed E-state index contributed by atoms with van der Waals surface area (Å²) in [6.07, 6.45) is 0. The fraction of sp³-hybridized carbons (Fsp3) is 0.200. The molecule has 1 aromatic heterocycles. The zero-order chi connectivity index (χ0) is 20.3. The summed E-state index contributed by atoms with van der Waals surface area (Å²) in [6, 6.07) is 10.1. The molecule has 0 bridgehead atoms. The first-order valence-corrected chi connectivity index (χ1v) is 8.96. The normalized spacial score (nSPS) is 10.6. The quantitative estimate of drug-likeness (QED) is 0.530. The standard InChI is InChI=1S/C20H17BrO7/c1-24-15-9-11(8-13(21)19(15)26-3)18-20(27-10-16(22)25-2)17(23)12-6-4-5-7-14(12)28-18/h4-9H,10H2,1-3H3. The minimum atomic E-state index is -0.619. The number of halogens is 1. The van der Waals surface area contributed by atoms with E-state index in [1.807, 2.05) is 0 Å². The maximum Gasteiger partial charge on any atom is 0.343 e. The minimum Gasteiger partial charge on any atom is -0.493 e. The van der Waals surface area contributed by atoms with Crippen molar-refractivity contribution < 1.29 is 28.2 Å². The molecule has 0 aliphatic heterocycles. The first-order valence-electron chi connectivity index (χ1n) is 8.17. The van der Waals surface area contributed by atoms with Crippen LogP contribution >= 0.6 is 15.9 Å². The van der Waals surface area contributed by atoms with Gasteiger partial charge in [0.15, 0.2) is 23.9 Å². The fourth-order valence-electron chi connectivity index (χ4n) is 2.69. The van der Waals surface area contributed by atoms with Gasteiger partial charge in [-0.1, -0.05) is 12.1 Å². The van der Waals surface area contributed by atoms with Crippen molar-refractivity contribution in [3.8, 4) is 28.6 Å². The summed E-state index contributed by atoms with van der Waals surface area (Å²) in [5, 5.41) is 0.339. The molecule has 0 N–H and O–H groups in total. The van der Waals surface area contributed by atoms with Gasteiger partial charge in [-0.3, -0.25) is 4.79 Å². The second kappa shape index (κ2) is 8.35. The molecule has 0 radical (unpaired) electrons. The molecule has 0 fully saturated rings. The van der Waals surface area contributed by atoms with E-state index in [9.17, 15) is 9.59 Å². The summed E-state index contributed by atoms with van der Waals surface area (Å²) in [5.41, 5.74) is 0.498. The fourth-order valence-corrected chi connectivity index (χ4v) is 3.29. The summed E-state index contributed by atoms with van der Waals surface area (Å²) >= 11 is 3.42. The second-order valence-corrected chi connectivity index (χ2v) is 6.50. The molecule has 146 valence electrons. The average Bonchev–Trinajstić information content (AvgIpc) is 2.71. The van der Waals surface area contributed by atoms with Crippen molar-refractivity contribution in [1.82, 2.24) is 0 Å². The Balaban J connectivity index is 2.25. The zero-order valence-corrected chi connectivity index (χ0v) is 17.0. The van der Waals surface area contributed by atoms with Crippen LogP contribution in [-0.2, 0) is 9.53 Å². The molecule has 0 aliphatic carbocycles. The molecular formula is C20H17BrO7. The number of benzene rings is 2. The summed E-state index contributed by atoms with van der Waals surface area (Å²) in [5.74, 6) is 0.373. The van der Waals surface area contributed by atoms with Gasteiger partial charge >= 0.3 is 5.97 Å². The highest BCUT2D eigenvalue weighted by atomic mass is 79.9. The van der Waals surface area contributed by atoms with Crippen molar-refractivity contribution >= 4 is 32.9 Å². The number of carbonyl (C=O) groups is 1. The molecule has 0 atom stereocenters. The molecule has 0 saturated carbocycles. The van der Waals surface area contributed by atoms with E-state index < -0.39 is 18.0 Å². The van der Waals surface area contributed by atoms with Crippen LogP contribution in [0.5, 0.6) is 17.2 Å². The number of fused-ring (bicyclic) bond motifs is 1. The van der Waals surface area contributed by atoms with E-state index >= 15 is 0 Å². The summed E-state index contributed by atoms with van der Waals surface area (Å²) in [6.45, 7) is -0.430. The van der Waals surface area contributed by atoms with Gasteiger partial charge in [-0.25, -0.2) is 4.79 Å². The van der Waals surface area contributed by atoms with Gasteiger partial charge in [0.1, 0.15) is 5.58 Å². The van der Waals surface area contributed by atoms with Crippen molar-refractivity contribution in [3.05, 3.63) is 51.1 Å². The van der Waals surface area contributed by atoms with E-state index in [4.69, 9.17) is 18.6 Å². The van der Waals surface area contributed by atoms with Crippen LogP contribution in [0.1, 0.15) is 0 Å². The minimum absolute atomic E-state index is 0.0942. The van der Waals surface area contributed by atoms with Gasteiger partial charge in [-0.05, 0) is 40.2 Å². The highest BCUT2D eigenvalue weighted by molar-refractivity contribution is 9.10. The monoisotopic (exact) mass is 448 g/mol. The van der Waals surface area contributed by atoms with Crippen molar-refractivity contribution in [2.24, 2.45) is 0 Å². The van der Waals surface area contributed by atoms with Crippen molar-refractivity contribution in [2.75, 3.05) is 27.9 Å². The Bertz CT molecular complexity index is 1090. The van der Waals surface area contributed by atoms with E-state index in [0.717, 1.165) is 0 Å². The van der Waals surface area contributed by atoms with Crippen molar-refractivity contribution in [1.29, 1.82) is 0 Å². The third kappa shape index (κ3) is 3.68. The van der Waals surface area contributed by atoms with Gasteiger partial charge in [0, 0.05) is 5.56 Å². The lowest BCUT2D eigenvalue weighted by atomic mass is 10.1. The topological polar surface area (TPSA) is 84.2 Å². The lowest BCUT2D eigenvalue weighted by Gasteiger charge is -2.14. The maximum atomic E-state index is 13.0. The molecule has 1 heterocycles. The molecular weight excluding hydrogens is 432 g/mol. The van der Waals surface area contributed by atoms with Gasteiger partial charge in [0.2, 0.25) is 11.2 Å². The van der Waals surface area contributed by atoms with Crippen LogP contribution in [0.3, 0.4) is 0 Å². The summed E-state index contributed by atoms with van der Waals surface area (Å²) in [4.78, 5) is 24.5. The Hall–Kier alpha value is -3.00. The third-order valence-electron chi connectivity index (χ3n) is 4.01. The summed E-state index contributed by atoms with van der Waals surface area (Å²) < 4.78 is 27.3. The van der Waals surface area contributed by atoms with E-state index in [-0.39, 0.29) is 11.5 Å². The molecule has 7 nitrogen and oxygen atoms in total. The molecule has 28 heavy (non-hydrogen) atoms. The highest BCUT2D eigenvalue weighted by Gasteiger charge is 2.21. The lowest BCUT2D eigenvalue weighted by Crippen LogP contribution is -2.17. The van der Waals surface area contributed by atoms with Gasteiger partial charge in [-0.15, -0.1) is 0 Å². The molecule has 0 amide bonds.